The van der Waals surface area contributed by atoms with Crippen LogP contribution in [-0.2, 0) is 13.5 Å². The molecule has 0 aliphatic carbocycles. The third-order valence-corrected chi connectivity index (χ3v) is 2.61. The van der Waals surface area contributed by atoms with Gasteiger partial charge >= 0.3 is 0 Å². The molecule has 0 amide bonds. The van der Waals surface area contributed by atoms with Crippen molar-refractivity contribution in [2.45, 2.75) is 20.3 Å². The Morgan fingerprint density at radius 2 is 2.36 bits per heavy atom. The number of aromatic nitrogens is 2. The van der Waals surface area contributed by atoms with Crippen LogP contribution in [0.2, 0.25) is 5.02 Å². The Morgan fingerprint density at radius 3 is 2.86 bits per heavy atom. The second-order valence-electron chi connectivity index (χ2n) is 3.68. The fourth-order valence-electron chi connectivity index (χ4n) is 1.46. The molecule has 80 valence electrons. The summed E-state index contributed by atoms with van der Waals surface area (Å²) in [4.78, 5) is 0. The predicted molar refractivity (Wildman–Crippen MR) is 59.6 cm³/mol. The van der Waals surface area contributed by atoms with E-state index in [0.29, 0.717) is 5.92 Å². The number of rotatable bonds is 5. The molecule has 0 saturated carbocycles. The zero-order chi connectivity index (χ0) is 10.6. The van der Waals surface area contributed by atoms with E-state index >= 15 is 0 Å². The summed E-state index contributed by atoms with van der Waals surface area (Å²) in [7, 11) is 1.93. The van der Waals surface area contributed by atoms with Crippen molar-refractivity contribution in [3.63, 3.8) is 0 Å². The Hall–Kier alpha value is -0.540. The van der Waals surface area contributed by atoms with Crippen LogP contribution in [-0.4, -0.2) is 22.9 Å². The minimum Gasteiger partial charge on any atom is -0.317 e. The normalized spacial score (nSPS) is 13.1. The highest BCUT2D eigenvalue weighted by Crippen LogP contribution is 2.17. The van der Waals surface area contributed by atoms with E-state index in [1.54, 1.807) is 6.20 Å². The van der Waals surface area contributed by atoms with E-state index in [0.717, 1.165) is 30.2 Å². The lowest BCUT2D eigenvalue weighted by Gasteiger charge is -2.12. The van der Waals surface area contributed by atoms with E-state index in [1.807, 2.05) is 11.7 Å². The van der Waals surface area contributed by atoms with Gasteiger partial charge in [-0.05, 0) is 25.4 Å². The number of halogens is 1. The van der Waals surface area contributed by atoms with Crippen LogP contribution in [0.1, 0.15) is 19.5 Å². The van der Waals surface area contributed by atoms with Crippen molar-refractivity contribution in [2.75, 3.05) is 13.1 Å². The Bertz CT molecular complexity index is 263. The molecule has 1 unspecified atom stereocenters. The largest absolute Gasteiger partial charge is 0.317 e. The number of nitrogens with one attached hydrogen (secondary N) is 1. The van der Waals surface area contributed by atoms with Crippen molar-refractivity contribution in [3.8, 4) is 0 Å². The summed E-state index contributed by atoms with van der Waals surface area (Å²) in [6.07, 6.45) is 2.68. The zero-order valence-electron chi connectivity index (χ0n) is 9.05. The summed E-state index contributed by atoms with van der Waals surface area (Å²) in [5.74, 6) is 0.586. The topological polar surface area (TPSA) is 29.9 Å². The molecule has 0 radical (unpaired) electrons. The van der Waals surface area contributed by atoms with Gasteiger partial charge in [0.1, 0.15) is 0 Å². The van der Waals surface area contributed by atoms with Gasteiger partial charge in [0, 0.05) is 7.05 Å². The summed E-state index contributed by atoms with van der Waals surface area (Å²) in [5.41, 5.74) is 1.12. The standard InChI is InChI=1S/C10H18ClN3/c1-4-12-6-8(2)5-10-9(11)7-13-14(10)3/h7-8,12H,4-6H2,1-3H3. The summed E-state index contributed by atoms with van der Waals surface area (Å²) < 4.78 is 1.85. The molecule has 1 aromatic heterocycles. The van der Waals surface area contributed by atoms with Crippen molar-refractivity contribution in [1.82, 2.24) is 15.1 Å². The molecule has 4 heteroatoms. The predicted octanol–water partition coefficient (Wildman–Crippen LogP) is 1.86. The molecule has 1 aromatic rings. The molecule has 0 aromatic carbocycles. The van der Waals surface area contributed by atoms with E-state index < -0.39 is 0 Å². The van der Waals surface area contributed by atoms with E-state index in [9.17, 15) is 0 Å². The van der Waals surface area contributed by atoms with Crippen molar-refractivity contribution < 1.29 is 0 Å². The van der Waals surface area contributed by atoms with Crippen LogP contribution in [0.4, 0.5) is 0 Å². The Balaban J connectivity index is 2.51. The van der Waals surface area contributed by atoms with Gasteiger partial charge in [-0.3, -0.25) is 4.68 Å². The van der Waals surface area contributed by atoms with Gasteiger partial charge in [0.2, 0.25) is 0 Å². The van der Waals surface area contributed by atoms with Crippen LogP contribution in [0, 0.1) is 5.92 Å². The SMILES string of the molecule is CCNCC(C)Cc1c(Cl)cnn1C. The molecule has 0 saturated heterocycles. The third-order valence-electron chi connectivity index (χ3n) is 2.30. The van der Waals surface area contributed by atoms with Crippen LogP contribution < -0.4 is 5.32 Å². The Morgan fingerprint density at radius 1 is 1.64 bits per heavy atom. The molecule has 0 spiro atoms. The molecule has 1 heterocycles. The lowest BCUT2D eigenvalue weighted by atomic mass is 10.1. The van der Waals surface area contributed by atoms with Gasteiger partial charge in [0.25, 0.3) is 0 Å². The molecule has 1 N–H and O–H groups in total. The van der Waals surface area contributed by atoms with Crippen molar-refractivity contribution in [2.24, 2.45) is 13.0 Å². The summed E-state index contributed by atoms with van der Waals surface area (Å²) in [5, 5.41) is 8.21. The Labute approximate surface area is 90.4 Å². The van der Waals surface area contributed by atoms with Crippen LogP contribution in [0.5, 0.6) is 0 Å². The minimum absolute atomic E-state index is 0.586. The maximum Gasteiger partial charge on any atom is 0.0817 e. The van der Waals surface area contributed by atoms with Gasteiger partial charge in [-0.15, -0.1) is 0 Å². The zero-order valence-corrected chi connectivity index (χ0v) is 9.80. The maximum absolute atomic E-state index is 6.02. The van der Waals surface area contributed by atoms with Crippen molar-refractivity contribution >= 4 is 11.6 Å². The van der Waals surface area contributed by atoms with Gasteiger partial charge in [0.15, 0.2) is 0 Å². The van der Waals surface area contributed by atoms with Gasteiger partial charge in [-0.25, -0.2) is 0 Å². The fraction of sp³-hybridized carbons (Fsp3) is 0.700. The average molecular weight is 216 g/mol. The van der Waals surface area contributed by atoms with E-state index in [2.05, 4.69) is 24.3 Å². The molecule has 1 rings (SSSR count). The number of aryl methyl sites for hydroxylation is 1. The highest BCUT2D eigenvalue weighted by Gasteiger charge is 2.10. The maximum atomic E-state index is 6.02. The number of nitrogens with zero attached hydrogens (tertiary/aromatic N) is 2. The molecule has 0 bridgehead atoms. The van der Waals surface area contributed by atoms with Crippen LogP contribution in [0.15, 0.2) is 6.20 Å². The second-order valence-corrected chi connectivity index (χ2v) is 4.09. The molecule has 1 atom stereocenters. The molecule has 0 aliphatic rings. The van der Waals surface area contributed by atoms with Crippen LogP contribution >= 0.6 is 11.6 Å². The number of hydrogen-bond donors (Lipinski definition) is 1. The first-order valence-electron chi connectivity index (χ1n) is 5.02. The molecule has 0 aliphatic heterocycles. The lowest BCUT2D eigenvalue weighted by molar-refractivity contribution is 0.504. The summed E-state index contributed by atoms with van der Waals surface area (Å²) in [6, 6.07) is 0. The van der Waals surface area contributed by atoms with Crippen molar-refractivity contribution in [3.05, 3.63) is 16.9 Å². The molecule has 3 nitrogen and oxygen atoms in total. The monoisotopic (exact) mass is 215 g/mol. The van der Waals surface area contributed by atoms with Gasteiger partial charge in [-0.1, -0.05) is 25.4 Å². The second kappa shape index (κ2) is 5.37. The van der Waals surface area contributed by atoms with E-state index in [1.165, 1.54) is 0 Å². The van der Waals surface area contributed by atoms with Crippen molar-refractivity contribution in [1.29, 1.82) is 0 Å². The quantitative estimate of drug-likeness (QED) is 0.813. The molecule has 0 fully saturated rings. The first-order valence-corrected chi connectivity index (χ1v) is 5.40. The van der Waals surface area contributed by atoms with Gasteiger partial charge in [0.05, 0.1) is 16.9 Å². The third kappa shape index (κ3) is 3.00. The molecular weight excluding hydrogens is 198 g/mol. The summed E-state index contributed by atoms with van der Waals surface area (Å²) >= 11 is 6.02. The van der Waals surface area contributed by atoms with Crippen LogP contribution in [0.3, 0.4) is 0 Å². The minimum atomic E-state index is 0.586. The van der Waals surface area contributed by atoms with Gasteiger partial charge in [-0.2, -0.15) is 5.10 Å². The highest BCUT2D eigenvalue weighted by molar-refractivity contribution is 6.31. The van der Waals surface area contributed by atoms with E-state index in [4.69, 9.17) is 11.6 Å². The lowest BCUT2D eigenvalue weighted by Crippen LogP contribution is -2.22. The fourth-order valence-corrected chi connectivity index (χ4v) is 1.70. The highest BCUT2D eigenvalue weighted by atomic mass is 35.5. The average Bonchev–Trinajstić information content (AvgIpc) is 2.46. The molecular formula is C10H18ClN3. The number of hydrogen-bond acceptors (Lipinski definition) is 2. The first kappa shape index (κ1) is 11.5. The smallest absolute Gasteiger partial charge is 0.0817 e. The van der Waals surface area contributed by atoms with Crippen LogP contribution in [0.25, 0.3) is 0 Å². The molecule has 14 heavy (non-hydrogen) atoms. The first-order chi connectivity index (χ1) is 6.65. The van der Waals surface area contributed by atoms with Gasteiger partial charge < -0.3 is 5.32 Å². The summed E-state index contributed by atoms with van der Waals surface area (Å²) in [6.45, 7) is 6.37. The Kier molecular flexibility index (Phi) is 4.42. The van der Waals surface area contributed by atoms with E-state index in [-0.39, 0.29) is 0 Å².